The molecule has 1 aromatic carbocycles. The zero-order valence-electron chi connectivity index (χ0n) is 16.7. The number of amides is 2. The van der Waals surface area contributed by atoms with Crippen molar-refractivity contribution >= 4 is 17.7 Å². The van der Waals surface area contributed by atoms with Crippen LogP contribution in [0.25, 0.3) is 0 Å². The lowest BCUT2D eigenvalue weighted by Crippen LogP contribution is -2.70. The van der Waals surface area contributed by atoms with Crippen LogP contribution in [0.1, 0.15) is 45.0 Å². The third-order valence-electron chi connectivity index (χ3n) is 4.69. The number of benzene rings is 1. The Labute approximate surface area is 163 Å². The Kier molecular flexibility index (Phi) is 4.73. The molecule has 1 fully saturated rings. The molecule has 2 heterocycles. The number of nitro benzene ring substituents is 1. The van der Waals surface area contributed by atoms with Crippen molar-refractivity contribution in [3.63, 3.8) is 0 Å². The highest BCUT2D eigenvalue weighted by molar-refractivity contribution is 5.99. The van der Waals surface area contributed by atoms with Gasteiger partial charge in [-0.25, -0.2) is 4.79 Å². The molecule has 0 saturated carbocycles. The predicted octanol–water partition coefficient (Wildman–Crippen LogP) is 2.83. The van der Waals surface area contributed by atoms with Crippen molar-refractivity contribution in [2.45, 2.75) is 51.9 Å². The first kappa shape index (κ1) is 19.9. The third kappa shape index (κ3) is 3.61. The maximum atomic E-state index is 13.0. The van der Waals surface area contributed by atoms with E-state index in [2.05, 4.69) is 0 Å². The number of ether oxygens (including phenoxy) is 2. The lowest BCUT2D eigenvalue weighted by molar-refractivity contribution is -0.386. The van der Waals surface area contributed by atoms with Gasteiger partial charge in [-0.3, -0.25) is 19.8 Å². The molecule has 9 nitrogen and oxygen atoms in total. The van der Waals surface area contributed by atoms with Crippen LogP contribution in [-0.4, -0.2) is 63.6 Å². The molecule has 1 saturated heterocycles. The first-order valence-corrected chi connectivity index (χ1v) is 9.18. The van der Waals surface area contributed by atoms with Gasteiger partial charge >= 0.3 is 11.8 Å². The summed E-state index contributed by atoms with van der Waals surface area (Å²) in [4.78, 5) is 39.3. The van der Waals surface area contributed by atoms with Gasteiger partial charge in [-0.2, -0.15) is 0 Å². The van der Waals surface area contributed by atoms with Gasteiger partial charge < -0.3 is 14.4 Å². The third-order valence-corrected chi connectivity index (χ3v) is 4.69. The van der Waals surface area contributed by atoms with E-state index in [0.29, 0.717) is 0 Å². The summed E-state index contributed by atoms with van der Waals surface area (Å²) in [5, 5.41) is 11.5. The number of fused-ring (bicyclic) bond motifs is 1. The summed E-state index contributed by atoms with van der Waals surface area (Å²) in [7, 11) is 0. The SMILES string of the molecule is CC(C)N1CC2(CN(C(=O)OC(C)(C)C)C2)Oc2c(cccc2[N+](=O)[O-])C1=O. The molecule has 0 aromatic heterocycles. The highest BCUT2D eigenvalue weighted by Crippen LogP contribution is 2.41. The Morgan fingerprint density at radius 2 is 1.93 bits per heavy atom. The highest BCUT2D eigenvalue weighted by atomic mass is 16.6. The zero-order valence-corrected chi connectivity index (χ0v) is 16.7. The number of para-hydroxylation sites is 1. The molecular weight excluding hydrogens is 366 g/mol. The van der Waals surface area contributed by atoms with Crippen molar-refractivity contribution < 1.29 is 24.0 Å². The van der Waals surface area contributed by atoms with Crippen LogP contribution < -0.4 is 4.74 Å². The average molecular weight is 391 g/mol. The number of hydrogen-bond acceptors (Lipinski definition) is 6. The maximum absolute atomic E-state index is 13.0. The first-order chi connectivity index (χ1) is 12.9. The second-order valence-electron chi connectivity index (χ2n) is 8.56. The molecule has 0 N–H and O–H groups in total. The number of carbonyl (C=O) groups is 2. The fraction of sp³-hybridized carbons (Fsp3) is 0.579. The van der Waals surface area contributed by atoms with Crippen LogP contribution >= 0.6 is 0 Å². The molecule has 0 atom stereocenters. The van der Waals surface area contributed by atoms with Gasteiger partial charge in [-0.1, -0.05) is 6.07 Å². The lowest BCUT2D eigenvalue weighted by atomic mass is 9.93. The van der Waals surface area contributed by atoms with Gasteiger partial charge in [0.15, 0.2) is 5.60 Å². The van der Waals surface area contributed by atoms with Crippen LogP contribution in [-0.2, 0) is 4.74 Å². The second-order valence-corrected chi connectivity index (χ2v) is 8.56. The van der Waals surface area contributed by atoms with Crippen molar-refractivity contribution in [1.29, 1.82) is 0 Å². The molecule has 28 heavy (non-hydrogen) atoms. The number of hydrogen-bond donors (Lipinski definition) is 0. The molecule has 1 spiro atoms. The van der Waals surface area contributed by atoms with Crippen LogP contribution in [0.2, 0.25) is 0 Å². The molecule has 0 radical (unpaired) electrons. The summed E-state index contributed by atoms with van der Waals surface area (Å²) in [6, 6.07) is 4.19. The molecule has 9 heteroatoms. The van der Waals surface area contributed by atoms with Gasteiger partial charge in [-0.05, 0) is 40.7 Å². The second kappa shape index (κ2) is 6.65. The Hall–Kier alpha value is -2.84. The van der Waals surface area contributed by atoms with E-state index in [-0.39, 0.29) is 48.6 Å². The summed E-state index contributed by atoms with van der Waals surface area (Å²) < 4.78 is 11.5. The van der Waals surface area contributed by atoms with Gasteiger partial charge in [-0.15, -0.1) is 0 Å². The van der Waals surface area contributed by atoms with Crippen molar-refractivity contribution in [3.05, 3.63) is 33.9 Å². The van der Waals surface area contributed by atoms with E-state index in [4.69, 9.17) is 9.47 Å². The Morgan fingerprint density at radius 1 is 1.29 bits per heavy atom. The van der Waals surface area contributed by atoms with Crippen LogP contribution in [0.5, 0.6) is 5.75 Å². The predicted molar refractivity (Wildman–Crippen MR) is 100 cm³/mol. The molecule has 0 aliphatic carbocycles. The highest BCUT2D eigenvalue weighted by Gasteiger charge is 2.53. The molecule has 3 rings (SSSR count). The molecule has 1 aromatic rings. The summed E-state index contributed by atoms with van der Waals surface area (Å²) in [5.74, 6) is -0.356. The fourth-order valence-corrected chi connectivity index (χ4v) is 3.42. The van der Waals surface area contributed by atoms with Crippen LogP contribution in [0, 0.1) is 10.1 Å². The molecule has 152 valence electrons. The average Bonchev–Trinajstić information content (AvgIpc) is 2.66. The van der Waals surface area contributed by atoms with E-state index >= 15 is 0 Å². The van der Waals surface area contributed by atoms with Gasteiger partial charge in [0, 0.05) is 12.1 Å². The van der Waals surface area contributed by atoms with Crippen LogP contribution in [0.3, 0.4) is 0 Å². The number of rotatable bonds is 2. The minimum Gasteiger partial charge on any atom is -0.474 e. The number of nitro groups is 1. The largest absolute Gasteiger partial charge is 0.474 e. The monoisotopic (exact) mass is 391 g/mol. The number of carbonyl (C=O) groups excluding carboxylic acids is 2. The van der Waals surface area contributed by atoms with E-state index in [9.17, 15) is 19.7 Å². The van der Waals surface area contributed by atoms with Crippen molar-refractivity contribution in [1.82, 2.24) is 9.80 Å². The van der Waals surface area contributed by atoms with Crippen molar-refractivity contribution in [3.8, 4) is 5.75 Å². The molecule has 0 bridgehead atoms. The van der Waals surface area contributed by atoms with E-state index in [1.54, 1.807) is 25.7 Å². The van der Waals surface area contributed by atoms with Crippen molar-refractivity contribution in [2.75, 3.05) is 19.6 Å². The van der Waals surface area contributed by atoms with Gasteiger partial charge in [0.25, 0.3) is 5.91 Å². The quantitative estimate of drug-likeness (QED) is 0.567. The first-order valence-electron chi connectivity index (χ1n) is 9.18. The van der Waals surface area contributed by atoms with Crippen molar-refractivity contribution in [2.24, 2.45) is 0 Å². The zero-order chi connectivity index (χ0) is 20.9. The molecule has 0 unspecified atom stereocenters. The lowest BCUT2D eigenvalue weighted by Gasteiger charge is -2.50. The molecule has 2 aliphatic heterocycles. The minimum absolute atomic E-state index is 0.0375. The van der Waals surface area contributed by atoms with E-state index in [1.807, 2.05) is 13.8 Å². The Morgan fingerprint density at radius 3 is 2.46 bits per heavy atom. The van der Waals surface area contributed by atoms with Crippen LogP contribution in [0.4, 0.5) is 10.5 Å². The minimum atomic E-state index is -0.909. The van der Waals surface area contributed by atoms with Gasteiger partial charge in [0.2, 0.25) is 5.75 Å². The Bertz CT molecular complexity index is 823. The number of nitrogens with zero attached hydrogens (tertiary/aromatic N) is 3. The molecule has 2 aliphatic rings. The maximum Gasteiger partial charge on any atom is 0.410 e. The summed E-state index contributed by atoms with van der Waals surface area (Å²) >= 11 is 0. The normalized spacial score (nSPS) is 18.3. The Balaban J connectivity index is 1.94. The van der Waals surface area contributed by atoms with E-state index < -0.39 is 22.2 Å². The topological polar surface area (TPSA) is 102 Å². The molecular formula is C19H25N3O6. The summed E-state index contributed by atoms with van der Waals surface area (Å²) in [6.07, 6.45) is -0.476. The summed E-state index contributed by atoms with van der Waals surface area (Å²) in [5.41, 5.74) is -1.63. The molecule has 2 amide bonds. The fourth-order valence-electron chi connectivity index (χ4n) is 3.42. The van der Waals surface area contributed by atoms with E-state index in [1.165, 1.54) is 23.1 Å². The summed E-state index contributed by atoms with van der Waals surface area (Å²) in [6.45, 7) is 9.68. The van der Waals surface area contributed by atoms with Gasteiger partial charge in [0.05, 0.1) is 30.1 Å². The standard InChI is InChI=1S/C19H25N3O6/c1-12(2)21-11-19(9-20(10-19)17(24)28-18(3,4)5)27-15-13(16(21)23)7-6-8-14(15)22(25)26/h6-8,12H,9-11H2,1-5H3. The smallest absolute Gasteiger partial charge is 0.410 e. The van der Waals surface area contributed by atoms with Crippen LogP contribution in [0.15, 0.2) is 18.2 Å². The van der Waals surface area contributed by atoms with Gasteiger partial charge in [0.1, 0.15) is 5.60 Å². The van der Waals surface area contributed by atoms with E-state index in [0.717, 1.165) is 0 Å². The number of likely N-dealkylation sites (tertiary alicyclic amines) is 1.